The molecule has 3 heteroatoms. The molecule has 1 aliphatic heterocycles. The number of nitrogens with zero attached hydrogens (tertiary/aromatic N) is 1. The highest BCUT2D eigenvalue weighted by molar-refractivity contribution is 5.79. The Kier molecular flexibility index (Phi) is 5.04. The third kappa shape index (κ3) is 4.31. The van der Waals surface area contributed by atoms with E-state index in [-0.39, 0.29) is 17.2 Å². The minimum atomic E-state index is -0.0498. The van der Waals surface area contributed by atoms with Gasteiger partial charge in [-0.25, -0.2) is 0 Å². The Hall–Kier alpha value is -1.35. The number of carbonyl (C=O) groups is 1. The summed E-state index contributed by atoms with van der Waals surface area (Å²) < 4.78 is 0. The second-order valence-corrected chi connectivity index (χ2v) is 7.29. The van der Waals surface area contributed by atoms with Crippen LogP contribution < -0.4 is 5.73 Å². The number of amides is 1. The van der Waals surface area contributed by atoms with E-state index in [0.717, 1.165) is 32.4 Å². The summed E-state index contributed by atoms with van der Waals surface area (Å²) in [7, 11) is 0. The standard InChI is InChI=1S/C18H28N2O/c1-18(2,3)12-16(13-19)17(21)20-10-8-14-6-4-5-7-15(14)9-11-20/h4-7,16H,8-13,19H2,1-3H3. The van der Waals surface area contributed by atoms with Crippen LogP contribution in [0.1, 0.15) is 38.3 Å². The largest absolute Gasteiger partial charge is 0.342 e. The summed E-state index contributed by atoms with van der Waals surface area (Å²) in [6.45, 7) is 8.58. The number of nitrogens with two attached hydrogens (primary N) is 1. The van der Waals surface area contributed by atoms with Crippen LogP contribution in [0.4, 0.5) is 0 Å². The van der Waals surface area contributed by atoms with Crippen molar-refractivity contribution in [3.8, 4) is 0 Å². The quantitative estimate of drug-likeness (QED) is 0.929. The SMILES string of the molecule is CC(C)(C)CC(CN)C(=O)N1CCc2ccccc2CC1. The minimum absolute atomic E-state index is 0.0498. The first-order valence-corrected chi connectivity index (χ1v) is 7.96. The van der Waals surface area contributed by atoms with E-state index in [4.69, 9.17) is 5.73 Å². The third-order valence-corrected chi connectivity index (χ3v) is 4.22. The van der Waals surface area contributed by atoms with E-state index in [2.05, 4.69) is 45.0 Å². The van der Waals surface area contributed by atoms with Crippen LogP contribution in [-0.4, -0.2) is 30.4 Å². The van der Waals surface area contributed by atoms with Gasteiger partial charge in [0.05, 0.1) is 5.92 Å². The number of rotatable bonds is 3. The van der Waals surface area contributed by atoms with E-state index in [1.807, 2.05) is 4.90 Å². The van der Waals surface area contributed by atoms with Gasteiger partial charge in [-0.15, -0.1) is 0 Å². The number of carbonyl (C=O) groups excluding carboxylic acids is 1. The molecule has 1 aromatic carbocycles. The number of hydrogen-bond donors (Lipinski definition) is 1. The lowest BCUT2D eigenvalue weighted by molar-refractivity contribution is -0.136. The highest BCUT2D eigenvalue weighted by Crippen LogP contribution is 2.26. The number of fused-ring (bicyclic) bond motifs is 1. The van der Waals surface area contributed by atoms with Crippen molar-refractivity contribution in [2.75, 3.05) is 19.6 Å². The lowest BCUT2D eigenvalue weighted by Gasteiger charge is -2.29. The monoisotopic (exact) mass is 288 g/mol. The molecule has 0 aliphatic carbocycles. The van der Waals surface area contributed by atoms with Crippen LogP contribution in [-0.2, 0) is 17.6 Å². The average Bonchev–Trinajstić information content (AvgIpc) is 2.65. The van der Waals surface area contributed by atoms with E-state index >= 15 is 0 Å². The summed E-state index contributed by atoms with van der Waals surface area (Å²) in [6.07, 6.45) is 2.76. The molecule has 21 heavy (non-hydrogen) atoms. The second-order valence-electron chi connectivity index (χ2n) is 7.29. The van der Waals surface area contributed by atoms with Gasteiger partial charge < -0.3 is 10.6 Å². The van der Waals surface area contributed by atoms with Gasteiger partial charge in [0.15, 0.2) is 0 Å². The molecule has 1 aromatic rings. The van der Waals surface area contributed by atoms with Crippen LogP contribution >= 0.6 is 0 Å². The molecule has 116 valence electrons. The molecule has 1 heterocycles. The van der Waals surface area contributed by atoms with E-state index in [0.29, 0.717) is 6.54 Å². The van der Waals surface area contributed by atoms with Crippen LogP contribution in [0.3, 0.4) is 0 Å². The predicted octanol–water partition coefficient (Wildman–Crippen LogP) is 2.62. The van der Waals surface area contributed by atoms with Crippen molar-refractivity contribution >= 4 is 5.91 Å². The van der Waals surface area contributed by atoms with Crippen LogP contribution in [0, 0.1) is 11.3 Å². The van der Waals surface area contributed by atoms with Crippen LogP contribution in [0.25, 0.3) is 0 Å². The van der Waals surface area contributed by atoms with Gasteiger partial charge in [0.25, 0.3) is 0 Å². The molecule has 2 N–H and O–H groups in total. The van der Waals surface area contributed by atoms with Crippen molar-refractivity contribution in [2.24, 2.45) is 17.1 Å². The second kappa shape index (κ2) is 6.61. The van der Waals surface area contributed by atoms with Crippen molar-refractivity contribution in [3.05, 3.63) is 35.4 Å². The van der Waals surface area contributed by atoms with E-state index in [1.54, 1.807) is 0 Å². The predicted molar refractivity (Wildman–Crippen MR) is 87.0 cm³/mol. The maximum atomic E-state index is 12.8. The zero-order valence-electron chi connectivity index (χ0n) is 13.6. The summed E-state index contributed by atoms with van der Waals surface area (Å²) >= 11 is 0. The molecular formula is C18H28N2O. The molecule has 0 radical (unpaired) electrons. The molecule has 1 aliphatic rings. The van der Waals surface area contributed by atoms with Crippen LogP contribution in [0.2, 0.25) is 0 Å². The van der Waals surface area contributed by atoms with Gasteiger partial charge >= 0.3 is 0 Å². The number of benzene rings is 1. The van der Waals surface area contributed by atoms with Crippen molar-refractivity contribution in [1.82, 2.24) is 4.90 Å². The Balaban J connectivity index is 2.04. The highest BCUT2D eigenvalue weighted by atomic mass is 16.2. The molecule has 0 saturated heterocycles. The fraction of sp³-hybridized carbons (Fsp3) is 0.611. The van der Waals surface area contributed by atoms with Gasteiger partial charge in [-0.3, -0.25) is 4.79 Å². The smallest absolute Gasteiger partial charge is 0.226 e. The first-order valence-electron chi connectivity index (χ1n) is 7.96. The zero-order valence-corrected chi connectivity index (χ0v) is 13.6. The Morgan fingerprint density at radius 1 is 1.19 bits per heavy atom. The molecule has 3 nitrogen and oxygen atoms in total. The maximum Gasteiger partial charge on any atom is 0.226 e. The van der Waals surface area contributed by atoms with Crippen molar-refractivity contribution in [3.63, 3.8) is 0 Å². The first-order chi connectivity index (χ1) is 9.90. The summed E-state index contributed by atoms with van der Waals surface area (Å²) in [6, 6.07) is 8.52. The van der Waals surface area contributed by atoms with Crippen LogP contribution in [0.5, 0.6) is 0 Å². The van der Waals surface area contributed by atoms with Gasteiger partial charge in [0.1, 0.15) is 0 Å². The van der Waals surface area contributed by atoms with Gasteiger partial charge in [-0.2, -0.15) is 0 Å². The molecule has 0 aromatic heterocycles. The molecule has 1 amide bonds. The summed E-state index contributed by atoms with van der Waals surface area (Å²) in [5.41, 5.74) is 8.76. The minimum Gasteiger partial charge on any atom is -0.342 e. The summed E-state index contributed by atoms with van der Waals surface area (Å²) in [4.78, 5) is 14.8. The molecule has 0 saturated carbocycles. The molecule has 1 unspecified atom stereocenters. The van der Waals surface area contributed by atoms with Gasteiger partial charge in [-0.1, -0.05) is 45.0 Å². The Bertz CT molecular complexity index is 463. The maximum absolute atomic E-state index is 12.8. The fourth-order valence-corrected chi connectivity index (χ4v) is 3.16. The Morgan fingerprint density at radius 2 is 1.71 bits per heavy atom. The first kappa shape index (κ1) is 16.0. The van der Waals surface area contributed by atoms with Gasteiger partial charge in [-0.05, 0) is 35.8 Å². The van der Waals surface area contributed by atoms with E-state index < -0.39 is 0 Å². The molecule has 2 rings (SSSR count). The topological polar surface area (TPSA) is 46.3 Å². The molecule has 1 atom stereocenters. The Morgan fingerprint density at radius 3 is 2.14 bits per heavy atom. The zero-order chi connectivity index (χ0) is 15.5. The third-order valence-electron chi connectivity index (χ3n) is 4.22. The summed E-state index contributed by atoms with van der Waals surface area (Å²) in [5.74, 6) is 0.187. The highest BCUT2D eigenvalue weighted by Gasteiger charge is 2.28. The molecule has 0 fully saturated rings. The number of hydrogen-bond acceptors (Lipinski definition) is 2. The van der Waals surface area contributed by atoms with Crippen molar-refractivity contribution in [2.45, 2.75) is 40.0 Å². The van der Waals surface area contributed by atoms with Crippen molar-refractivity contribution in [1.29, 1.82) is 0 Å². The van der Waals surface area contributed by atoms with E-state index in [1.165, 1.54) is 11.1 Å². The van der Waals surface area contributed by atoms with Gasteiger partial charge in [0, 0.05) is 19.6 Å². The lowest BCUT2D eigenvalue weighted by Crippen LogP contribution is -2.41. The molecular weight excluding hydrogens is 260 g/mol. The molecule has 0 bridgehead atoms. The van der Waals surface area contributed by atoms with E-state index in [9.17, 15) is 4.79 Å². The fourth-order valence-electron chi connectivity index (χ4n) is 3.16. The Labute approximate surface area is 128 Å². The summed E-state index contributed by atoms with van der Waals surface area (Å²) in [5, 5.41) is 0. The molecule has 0 spiro atoms. The average molecular weight is 288 g/mol. The van der Waals surface area contributed by atoms with Gasteiger partial charge in [0.2, 0.25) is 5.91 Å². The lowest BCUT2D eigenvalue weighted by atomic mass is 9.84. The van der Waals surface area contributed by atoms with Crippen LogP contribution in [0.15, 0.2) is 24.3 Å². The normalized spacial score (nSPS) is 17.0. The van der Waals surface area contributed by atoms with Crippen molar-refractivity contribution < 1.29 is 4.79 Å².